The van der Waals surface area contributed by atoms with E-state index in [2.05, 4.69) is 0 Å². The molecule has 2 unspecified atom stereocenters. The highest BCUT2D eigenvalue weighted by molar-refractivity contribution is 7.10. The molecule has 0 fully saturated rings. The number of benzene rings is 1. The van der Waals surface area contributed by atoms with E-state index < -0.39 is 0 Å². The fourth-order valence-corrected chi connectivity index (χ4v) is 3.90. The van der Waals surface area contributed by atoms with Crippen molar-refractivity contribution < 1.29 is 14.3 Å². The van der Waals surface area contributed by atoms with E-state index in [9.17, 15) is 9.59 Å². The van der Waals surface area contributed by atoms with Gasteiger partial charge >= 0.3 is 5.97 Å². The summed E-state index contributed by atoms with van der Waals surface area (Å²) in [5.74, 6) is -0.484. The van der Waals surface area contributed by atoms with Crippen molar-refractivity contribution in [3.8, 4) is 0 Å². The van der Waals surface area contributed by atoms with Crippen LogP contribution in [-0.4, -0.2) is 25.0 Å². The second kappa shape index (κ2) is 6.54. The molecule has 1 aliphatic rings. The molecule has 0 spiro atoms. The van der Waals surface area contributed by atoms with Crippen LogP contribution in [0.3, 0.4) is 0 Å². The summed E-state index contributed by atoms with van der Waals surface area (Å²) < 4.78 is 4.94. The van der Waals surface area contributed by atoms with Crippen molar-refractivity contribution >= 4 is 28.9 Å². The van der Waals surface area contributed by atoms with E-state index in [0.29, 0.717) is 12.8 Å². The van der Waals surface area contributed by atoms with Crippen LogP contribution < -0.4 is 4.90 Å². The van der Waals surface area contributed by atoms with Crippen LogP contribution in [0.15, 0.2) is 41.8 Å². The molecular formula is C18H19NO3S. The van der Waals surface area contributed by atoms with E-state index >= 15 is 0 Å². The fraction of sp³-hybridized carbons (Fsp3) is 0.333. The lowest BCUT2D eigenvalue weighted by Gasteiger charge is -2.38. The first kappa shape index (κ1) is 15.7. The molecule has 1 amide bonds. The van der Waals surface area contributed by atoms with Gasteiger partial charge in [0.25, 0.3) is 0 Å². The minimum absolute atomic E-state index is 0.0403. The molecule has 1 aromatic carbocycles. The van der Waals surface area contributed by atoms with Crippen LogP contribution in [0.1, 0.15) is 29.7 Å². The highest BCUT2D eigenvalue weighted by Crippen LogP contribution is 2.39. The molecule has 120 valence electrons. The number of carbonyl (C=O) groups is 2. The van der Waals surface area contributed by atoms with Gasteiger partial charge in [0.15, 0.2) is 0 Å². The number of nitrogens with zero attached hydrogens (tertiary/aromatic N) is 1. The summed E-state index contributed by atoms with van der Waals surface area (Å²) in [7, 11) is 1.41. The number of rotatable bonds is 3. The Morgan fingerprint density at radius 1 is 1.26 bits per heavy atom. The number of carbonyl (C=O) groups excluding carboxylic acids is 2. The van der Waals surface area contributed by atoms with Gasteiger partial charge in [0.2, 0.25) is 5.91 Å². The van der Waals surface area contributed by atoms with Crippen molar-refractivity contribution in [2.75, 3.05) is 12.0 Å². The molecule has 0 saturated carbocycles. The van der Waals surface area contributed by atoms with Crippen molar-refractivity contribution in [3.63, 3.8) is 0 Å². The summed E-state index contributed by atoms with van der Waals surface area (Å²) in [4.78, 5) is 27.8. The number of amides is 1. The molecule has 0 N–H and O–H groups in total. The zero-order valence-electron chi connectivity index (χ0n) is 13.2. The van der Waals surface area contributed by atoms with Gasteiger partial charge in [-0.15, -0.1) is 11.3 Å². The van der Waals surface area contributed by atoms with Gasteiger partial charge in [-0.2, -0.15) is 0 Å². The molecule has 3 rings (SSSR count). The van der Waals surface area contributed by atoms with Gasteiger partial charge in [-0.25, -0.2) is 0 Å². The molecular weight excluding hydrogens is 310 g/mol. The summed E-state index contributed by atoms with van der Waals surface area (Å²) in [6.07, 6.45) is 0.971. The second-order valence-electron chi connectivity index (χ2n) is 5.74. The van der Waals surface area contributed by atoms with Crippen LogP contribution in [0, 0.1) is 0 Å². The normalized spacial score (nSPS) is 20.0. The van der Waals surface area contributed by atoms with Gasteiger partial charge in [0.05, 0.1) is 19.4 Å². The van der Waals surface area contributed by atoms with Crippen molar-refractivity contribution in [2.45, 2.75) is 31.7 Å². The summed E-state index contributed by atoms with van der Waals surface area (Å²) in [6, 6.07) is 11.5. The van der Waals surface area contributed by atoms with Gasteiger partial charge in [-0.05, 0) is 36.4 Å². The molecule has 23 heavy (non-hydrogen) atoms. The number of hydrogen-bond acceptors (Lipinski definition) is 4. The van der Waals surface area contributed by atoms with E-state index in [-0.39, 0.29) is 23.8 Å². The Hall–Kier alpha value is -2.14. The molecule has 2 heterocycles. The molecule has 0 radical (unpaired) electrons. The third kappa shape index (κ3) is 3.01. The Kier molecular flexibility index (Phi) is 4.48. The molecule has 0 saturated heterocycles. The third-order valence-electron chi connectivity index (χ3n) is 4.25. The van der Waals surface area contributed by atoms with Crippen LogP contribution in [-0.2, 0) is 20.7 Å². The first-order chi connectivity index (χ1) is 11.1. The summed E-state index contributed by atoms with van der Waals surface area (Å²) in [5, 5.41) is 1.98. The number of para-hydroxylation sites is 1. The maximum Gasteiger partial charge on any atom is 0.313 e. The number of hydrogen-bond donors (Lipinski definition) is 0. The highest BCUT2D eigenvalue weighted by atomic mass is 32.1. The van der Waals surface area contributed by atoms with E-state index in [0.717, 1.165) is 16.1 Å². The van der Waals surface area contributed by atoms with Crippen molar-refractivity contribution in [3.05, 3.63) is 52.2 Å². The largest absolute Gasteiger partial charge is 0.469 e. The average molecular weight is 329 g/mol. The zero-order chi connectivity index (χ0) is 16.4. The molecule has 4 nitrogen and oxygen atoms in total. The molecule has 5 heteroatoms. The first-order valence-electron chi connectivity index (χ1n) is 7.63. The molecule has 2 aromatic rings. The van der Waals surface area contributed by atoms with Crippen molar-refractivity contribution in [2.24, 2.45) is 0 Å². The predicted molar refractivity (Wildman–Crippen MR) is 90.8 cm³/mol. The van der Waals surface area contributed by atoms with Gasteiger partial charge in [-0.3, -0.25) is 9.59 Å². The first-order valence-corrected chi connectivity index (χ1v) is 8.51. The third-order valence-corrected chi connectivity index (χ3v) is 5.13. The lowest BCUT2D eigenvalue weighted by Crippen LogP contribution is -2.45. The van der Waals surface area contributed by atoms with Gasteiger partial charge in [0.1, 0.15) is 0 Å². The second-order valence-corrected chi connectivity index (χ2v) is 6.77. The lowest BCUT2D eigenvalue weighted by molar-refractivity contribution is -0.143. The van der Waals surface area contributed by atoms with E-state index in [4.69, 9.17) is 4.74 Å². The van der Waals surface area contributed by atoms with E-state index in [1.807, 2.05) is 53.6 Å². The Morgan fingerprint density at radius 3 is 2.74 bits per heavy atom. The fourth-order valence-electron chi connectivity index (χ4n) is 3.21. The molecule has 0 bridgehead atoms. The number of methoxy groups -OCH3 is 1. The number of esters is 1. The topological polar surface area (TPSA) is 46.6 Å². The highest BCUT2D eigenvalue weighted by Gasteiger charge is 2.37. The monoisotopic (exact) mass is 329 g/mol. The average Bonchev–Trinajstić information content (AvgIpc) is 3.06. The Balaban J connectivity index is 1.94. The van der Waals surface area contributed by atoms with Gasteiger partial charge in [-0.1, -0.05) is 24.3 Å². The molecule has 1 aliphatic heterocycles. The SMILES string of the molecule is COC(=O)C1CC(C)N(C(=O)Cc2cccs2)c2ccccc21. The predicted octanol–water partition coefficient (Wildman–Crippen LogP) is 3.37. The summed E-state index contributed by atoms with van der Waals surface area (Å²) in [5.41, 5.74) is 1.69. The van der Waals surface area contributed by atoms with Crippen LogP contribution >= 0.6 is 11.3 Å². The standard InChI is InChI=1S/C18H19NO3S/c1-12-10-15(18(21)22-2)14-7-3-4-8-16(14)19(12)17(20)11-13-6-5-9-23-13/h3-9,12,15H,10-11H2,1-2H3. The van der Waals surface area contributed by atoms with Crippen LogP contribution in [0.4, 0.5) is 5.69 Å². The number of ether oxygens (including phenoxy) is 1. The maximum absolute atomic E-state index is 12.8. The van der Waals surface area contributed by atoms with Crippen molar-refractivity contribution in [1.29, 1.82) is 0 Å². The number of thiophene rings is 1. The van der Waals surface area contributed by atoms with E-state index in [1.165, 1.54) is 7.11 Å². The Bertz CT molecular complexity index is 711. The quantitative estimate of drug-likeness (QED) is 0.811. The zero-order valence-corrected chi connectivity index (χ0v) is 14.0. The molecule has 0 aliphatic carbocycles. The molecule has 2 atom stereocenters. The maximum atomic E-state index is 12.8. The molecule has 1 aromatic heterocycles. The Morgan fingerprint density at radius 2 is 2.04 bits per heavy atom. The van der Waals surface area contributed by atoms with E-state index in [1.54, 1.807) is 11.3 Å². The van der Waals surface area contributed by atoms with Gasteiger partial charge < -0.3 is 9.64 Å². The Labute approximate surface area is 139 Å². The smallest absolute Gasteiger partial charge is 0.313 e. The number of anilines is 1. The number of fused-ring (bicyclic) bond motifs is 1. The van der Waals surface area contributed by atoms with Crippen LogP contribution in [0.2, 0.25) is 0 Å². The van der Waals surface area contributed by atoms with Gasteiger partial charge in [0, 0.05) is 16.6 Å². The minimum Gasteiger partial charge on any atom is -0.469 e. The summed E-state index contributed by atoms with van der Waals surface area (Å²) >= 11 is 1.59. The van der Waals surface area contributed by atoms with Crippen LogP contribution in [0.25, 0.3) is 0 Å². The minimum atomic E-state index is -0.308. The summed E-state index contributed by atoms with van der Waals surface area (Å²) in [6.45, 7) is 1.98. The lowest BCUT2D eigenvalue weighted by atomic mass is 9.86. The van der Waals surface area contributed by atoms with Crippen LogP contribution in [0.5, 0.6) is 0 Å². The van der Waals surface area contributed by atoms with Crippen molar-refractivity contribution in [1.82, 2.24) is 0 Å².